The number of rotatable bonds is 5. The summed E-state index contributed by atoms with van der Waals surface area (Å²) < 4.78 is 5.41. The SMILES string of the molecule is CCCOc1nc(N)nc(Cc2nc(C(C)(C)C)cs2)n1. The standard InChI is InChI=1S/C14H21N5OS/c1-5-6-20-13-18-10(17-12(15)19-13)7-11-16-9(8-21-11)14(2,3)4/h8H,5-7H2,1-4H3,(H2,15,17,18,19). The lowest BCUT2D eigenvalue weighted by Crippen LogP contribution is -2.12. The van der Waals surface area contributed by atoms with Crippen LogP contribution in [0, 0.1) is 0 Å². The van der Waals surface area contributed by atoms with E-state index < -0.39 is 0 Å². The number of nitrogens with zero attached hydrogens (tertiary/aromatic N) is 4. The topological polar surface area (TPSA) is 86.8 Å². The minimum Gasteiger partial charge on any atom is -0.463 e. The largest absolute Gasteiger partial charge is 0.463 e. The molecule has 2 aromatic rings. The van der Waals surface area contributed by atoms with Crippen LogP contribution in [-0.2, 0) is 11.8 Å². The second-order valence-electron chi connectivity index (χ2n) is 5.79. The fraction of sp³-hybridized carbons (Fsp3) is 0.571. The van der Waals surface area contributed by atoms with E-state index in [0.717, 1.165) is 17.1 Å². The van der Waals surface area contributed by atoms with Crippen molar-refractivity contribution in [3.05, 3.63) is 21.9 Å². The molecule has 0 spiro atoms. The van der Waals surface area contributed by atoms with Gasteiger partial charge in [0.1, 0.15) is 10.8 Å². The fourth-order valence-corrected chi connectivity index (χ4v) is 2.64. The van der Waals surface area contributed by atoms with Gasteiger partial charge in [0, 0.05) is 10.8 Å². The van der Waals surface area contributed by atoms with Crippen molar-refractivity contribution in [3.8, 4) is 6.01 Å². The van der Waals surface area contributed by atoms with Crippen molar-refractivity contribution in [2.45, 2.75) is 46.0 Å². The van der Waals surface area contributed by atoms with Crippen LogP contribution in [-0.4, -0.2) is 26.5 Å². The Hall–Kier alpha value is -1.76. The van der Waals surface area contributed by atoms with Gasteiger partial charge in [0.25, 0.3) is 0 Å². The first-order valence-corrected chi connectivity index (χ1v) is 7.84. The number of thiazole rings is 1. The number of aromatic nitrogens is 4. The van der Waals surface area contributed by atoms with Crippen molar-refractivity contribution in [3.63, 3.8) is 0 Å². The second-order valence-corrected chi connectivity index (χ2v) is 6.74. The highest BCUT2D eigenvalue weighted by Gasteiger charge is 2.18. The zero-order chi connectivity index (χ0) is 15.5. The third-order valence-corrected chi connectivity index (χ3v) is 3.59. The van der Waals surface area contributed by atoms with Crippen LogP contribution in [0.25, 0.3) is 0 Å². The van der Waals surface area contributed by atoms with Gasteiger partial charge in [-0.2, -0.15) is 15.0 Å². The summed E-state index contributed by atoms with van der Waals surface area (Å²) >= 11 is 1.61. The maximum Gasteiger partial charge on any atom is 0.321 e. The van der Waals surface area contributed by atoms with Crippen molar-refractivity contribution in [2.75, 3.05) is 12.3 Å². The molecule has 21 heavy (non-hydrogen) atoms. The quantitative estimate of drug-likeness (QED) is 0.913. The third-order valence-electron chi connectivity index (χ3n) is 2.74. The summed E-state index contributed by atoms with van der Waals surface area (Å²) in [6, 6.07) is 0.284. The van der Waals surface area contributed by atoms with Gasteiger partial charge in [0.05, 0.1) is 18.7 Å². The first kappa shape index (κ1) is 15.6. The second kappa shape index (κ2) is 6.34. The van der Waals surface area contributed by atoms with Gasteiger partial charge in [0.2, 0.25) is 5.95 Å². The minimum atomic E-state index is 0.0439. The predicted molar refractivity (Wildman–Crippen MR) is 83.6 cm³/mol. The summed E-state index contributed by atoms with van der Waals surface area (Å²) in [5, 5.41) is 3.04. The predicted octanol–water partition coefficient (Wildman–Crippen LogP) is 2.59. The Kier molecular flexibility index (Phi) is 4.72. The van der Waals surface area contributed by atoms with E-state index in [0.29, 0.717) is 18.9 Å². The van der Waals surface area contributed by atoms with E-state index in [-0.39, 0.29) is 17.4 Å². The number of hydrogen-bond donors (Lipinski definition) is 1. The highest BCUT2D eigenvalue weighted by molar-refractivity contribution is 7.09. The molecule has 2 N–H and O–H groups in total. The van der Waals surface area contributed by atoms with E-state index in [9.17, 15) is 0 Å². The number of nitrogen functional groups attached to an aromatic ring is 1. The summed E-state index contributed by atoms with van der Waals surface area (Å²) in [6.07, 6.45) is 1.43. The molecule has 0 radical (unpaired) electrons. The van der Waals surface area contributed by atoms with Gasteiger partial charge < -0.3 is 10.5 Å². The zero-order valence-corrected chi connectivity index (χ0v) is 13.7. The van der Waals surface area contributed by atoms with Crippen LogP contribution in [0.3, 0.4) is 0 Å². The normalized spacial score (nSPS) is 11.6. The van der Waals surface area contributed by atoms with Crippen LogP contribution < -0.4 is 10.5 Å². The smallest absolute Gasteiger partial charge is 0.321 e. The molecule has 0 unspecified atom stereocenters. The van der Waals surface area contributed by atoms with Gasteiger partial charge in [-0.25, -0.2) is 4.98 Å². The van der Waals surface area contributed by atoms with Crippen LogP contribution in [0.1, 0.15) is 50.6 Å². The Labute approximate surface area is 128 Å². The molecule has 2 heterocycles. The van der Waals surface area contributed by atoms with Crippen molar-refractivity contribution in [1.29, 1.82) is 0 Å². The zero-order valence-electron chi connectivity index (χ0n) is 12.9. The van der Waals surface area contributed by atoms with Crippen LogP contribution in [0.15, 0.2) is 5.38 Å². The molecule has 0 fully saturated rings. The van der Waals surface area contributed by atoms with E-state index in [1.165, 1.54) is 0 Å². The van der Waals surface area contributed by atoms with E-state index >= 15 is 0 Å². The first-order valence-electron chi connectivity index (χ1n) is 6.96. The molecule has 0 aliphatic rings. The summed E-state index contributed by atoms with van der Waals surface area (Å²) in [4.78, 5) is 17.0. The Morgan fingerprint density at radius 3 is 2.57 bits per heavy atom. The molecular weight excluding hydrogens is 286 g/mol. The van der Waals surface area contributed by atoms with Crippen molar-refractivity contribution >= 4 is 17.3 Å². The maximum atomic E-state index is 5.70. The Morgan fingerprint density at radius 2 is 1.95 bits per heavy atom. The van der Waals surface area contributed by atoms with E-state index in [1.807, 2.05) is 6.92 Å². The summed E-state index contributed by atoms with van der Waals surface area (Å²) in [5.74, 6) is 0.766. The van der Waals surface area contributed by atoms with E-state index in [4.69, 9.17) is 10.5 Å². The summed E-state index contributed by atoms with van der Waals surface area (Å²) in [7, 11) is 0. The molecular formula is C14H21N5OS. The van der Waals surface area contributed by atoms with Gasteiger partial charge in [-0.05, 0) is 6.42 Å². The molecule has 0 saturated heterocycles. The maximum absolute atomic E-state index is 5.70. The molecule has 0 saturated carbocycles. The number of nitrogens with two attached hydrogens (primary N) is 1. The highest BCUT2D eigenvalue weighted by atomic mass is 32.1. The average molecular weight is 307 g/mol. The van der Waals surface area contributed by atoms with E-state index in [2.05, 4.69) is 46.1 Å². The van der Waals surface area contributed by atoms with Crippen LogP contribution >= 0.6 is 11.3 Å². The van der Waals surface area contributed by atoms with E-state index in [1.54, 1.807) is 11.3 Å². The average Bonchev–Trinajstić information content (AvgIpc) is 2.84. The summed E-state index contributed by atoms with van der Waals surface area (Å²) in [6.45, 7) is 9.01. The van der Waals surface area contributed by atoms with Gasteiger partial charge in [-0.1, -0.05) is 27.7 Å². The van der Waals surface area contributed by atoms with Crippen LogP contribution in [0.4, 0.5) is 5.95 Å². The lowest BCUT2D eigenvalue weighted by Gasteiger charge is -2.14. The molecule has 0 aromatic carbocycles. The summed E-state index contributed by atoms with van der Waals surface area (Å²) in [5.41, 5.74) is 6.82. The number of anilines is 1. The van der Waals surface area contributed by atoms with Gasteiger partial charge in [-0.15, -0.1) is 11.3 Å². The molecule has 0 amide bonds. The molecule has 7 heteroatoms. The molecule has 2 aromatic heterocycles. The van der Waals surface area contributed by atoms with Crippen LogP contribution in [0.2, 0.25) is 0 Å². The highest BCUT2D eigenvalue weighted by Crippen LogP contribution is 2.24. The fourth-order valence-electron chi connectivity index (χ4n) is 1.62. The van der Waals surface area contributed by atoms with Crippen molar-refractivity contribution in [1.82, 2.24) is 19.9 Å². The lowest BCUT2D eigenvalue weighted by molar-refractivity contribution is 0.290. The molecule has 0 aliphatic heterocycles. The Morgan fingerprint density at radius 1 is 1.19 bits per heavy atom. The molecule has 0 bridgehead atoms. The lowest BCUT2D eigenvalue weighted by atomic mass is 9.93. The molecule has 0 atom stereocenters. The Bertz CT molecular complexity index is 606. The molecule has 114 valence electrons. The van der Waals surface area contributed by atoms with Gasteiger partial charge >= 0.3 is 6.01 Å². The van der Waals surface area contributed by atoms with Crippen LogP contribution in [0.5, 0.6) is 6.01 Å². The van der Waals surface area contributed by atoms with Gasteiger partial charge in [-0.3, -0.25) is 0 Å². The minimum absolute atomic E-state index is 0.0439. The van der Waals surface area contributed by atoms with Crippen molar-refractivity contribution in [2.24, 2.45) is 0 Å². The molecule has 0 aliphatic carbocycles. The Balaban J connectivity index is 2.15. The number of ether oxygens (including phenoxy) is 1. The monoisotopic (exact) mass is 307 g/mol. The first-order chi connectivity index (χ1) is 9.88. The molecule has 2 rings (SSSR count). The molecule has 6 nitrogen and oxygen atoms in total. The van der Waals surface area contributed by atoms with Crippen molar-refractivity contribution < 1.29 is 4.74 Å². The third kappa shape index (κ3) is 4.35. The van der Waals surface area contributed by atoms with Gasteiger partial charge in [0.15, 0.2) is 0 Å². The number of hydrogen-bond acceptors (Lipinski definition) is 7.